The number of carbonyl (C=O) groups excluding carboxylic acids is 1. The number of carboxylic acids is 1. The number of carbonyl (C=O) groups is 2. The molecule has 1 aromatic rings. The highest BCUT2D eigenvalue weighted by molar-refractivity contribution is 9.10. The van der Waals surface area contributed by atoms with E-state index in [9.17, 15) is 14.7 Å². The predicted molar refractivity (Wildman–Crippen MR) is 76.9 cm³/mol. The molecule has 1 aliphatic rings. The summed E-state index contributed by atoms with van der Waals surface area (Å²) in [5.74, 6) is -1.13. The number of rotatable bonds is 2. The molecule has 1 heterocycles. The van der Waals surface area contributed by atoms with Gasteiger partial charge in [0.15, 0.2) is 0 Å². The van der Waals surface area contributed by atoms with Crippen molar-refractivity contribution in [3.63, 3.8) is 0 Å². The zero-order valence-corrected chi connectivity index (χ0v) is 12.6. The third-order valence-electron chi connectivity index (χ3n) is 3.00. The summed E-state index contributed by atoms with van der Waals surface area (Å²) in [6, 6.07) is 3.24. The first kappa shape index (κ1) is 15.1. The summed E-state index contributed by atoms with van der Waals surface area (Å²) >= 11 is 9.08. The van der Waals surface area contributed by atoms with E-state index in [2.05, 4.69) is 21.2 Å². The molecule has 0 radical (unpaired) electrons. The third kappa shape index (κ3) is 3.23. The molecule has 1 aromatic carbocycles. The number of hydrogen-bond acceptors (Lipinski definition) is 3. The van der Waals surface area contributed by atoms with Crippen LogP contribution in [-0.4, -0.2) is 45.8 Å². The lowest BCUT2D eigenvalue weighted by molar-refractivity contribution is -0.141. The first-order valence-electron chi connectivity index (χ1n) is 5.82. The summed E-state index contributed by atoms with van der Waals surface area (Å²) < 4.78 is 0.619. The van der Waals surface area contributed by atoms with Gasteiger partial charge < -0.3 is 20.4 Å². The summed E-state index contributed by atoms with van der Waals surface area (Å²) in [4.78, 5) is 24.2. The van der Waals surface area contributed by atoms with Gasteiger partial charge in [0.25, 0.3) is 0 Å². The number of halogens is 2. The highest BCUT2D eigenvalue weighted by Gasteiger charge is 2.38. The number of likely N-dealkylation sites (tertiary alicyclic amines) is 1. The Morgan fingerprint density at radius 1 is 1.45 bits per heavy atom. The molecule has 0 aromatic heterocycles. The molecule has 6 nitrogen and oxygen atoms in total. The fourth-order valence-corrected chi connectivity index (χ4v) is 2.54. The largest absolute Gasteiger partial charge is 0.480 e. The Morgan fingerprint density at radius 3 is 2.75 bits per heavy atom. The van der Waals surface area contributed by atoms with Crippen molar-refractivity contribution >= 4 is 45.2 Å². The number of hydrogen-bond donors (Lipinski definition) is 3. The third-order valence-corrected chi connectivity index (χ3v) is 4.21. The Bertz CT molecular complexity index is 554. The first-order valence-corrected chi connectivity index (χ1v) is 6.99. The fourth-order valence-electron chi connectivity index (χ4n) is 2.04. The summed E-state index contributed by atoms with van der Waals surface area (Å²) in [7, 11) is 0. The molecule has 20 heavy (non-hydrogen) atoms. The molecule has 3 N–H and O–H groups in total. The molecular weight excluding hydrogens is 351 g/mol. The standard InChI is InChI=1S/C12H12BrClN2O4/c13-8-3-6(1-2-9(8)14)15-12(20)16-5-7(17)4-10(16)11(18)19/h1-3,7,10,17H,4-5H2,(H,15,20)(H,18,19)/t7-,10+/m1/s1. The Kier molecular flexibility index (Phi) is 4.52. The van der Waals surface area contributed by atoms with Gasteiger partial charge in [0, 0.05) is 23.1 Å². The predicted octanol–water partition coefficient (Wildman–Crippen LogP) is 2.15. The molecule has 2 atom stereocenters. The number of carboxylic acid groups (broad SMARTS) is 1. The van der Waals surface area contributed by atoms with Crippen LogP contribution in [0, 0.1) is 0 Å². The highest BCUT2D eigenvalue weighted by Crippen LogP contribution is 2.26. The second-order valence-corrected chi connectivity index (χ2v) is 5.72. The van der Waals surface area contributed by atoms with Gasteiger partial charge in [-0.2, -0.15) is 0 Å². The van der Waals surface area contributed by atoms with Crippen LogP contribution in [0.25, 0.3) is 0 Å². The Labute approximate surface area is 128 Å². The molecule has 108 valence electrons. The van der Waals surface area contributed by atoms with Gasteiger partial charge in [0.05, 0.1) is 11.1 Å². The lowest BCUT2D eigenvalue weighted by atomic mass is 10.2. The number of aliphatic hydroxyl groups is 1. The van der Waals surface area contributed by atoms with Gasteiger partial charge in [-0.05, 0) is 34.1 Å². The number of anilines is 1. The monoisotopic (exact) mass is 362 g/mol. The summed E-state index contributed by atoms with van der Waals surface area (Å²) in [6.45, 7) is -0.00242. The van der Waals surface area contributed by atoms with E-state index in [1.54, 1.807) is 18.2 Å². The number of β-amino-alcohol motifs (C(OH)–C–C–N with tert-alkyl or cyclic N) is 1. The van der Waals surface area contributed by atoms with Crippen LogP contribution in [0.2, 0.25) is 5.02 Å². The average Bonchev–Trinajstić information content (AvgIpc) is 2.76. The van der Waals surface area contributed by atoms with Crippen LogP contribution < -0.4 is 5.32 Å². The molecule has 0 saturated carbocycles. The summed E-state index contributed by atoms with van der Waals surface area (Å²) in [5.41, 5.74) is 0.483. The topological polar surface area (TPSA) is 89.9 Å². The number of nitrogens with zero attached hydrogens (tertiary/aromatic N) is 1. The minimum Gasteiger partial charge on any atom is -0.480 e. The molecule has 1 aliphatic heterocycles. The molecule has 0 aliphatic carbocycles. The zero-order valence-electron chi connectivity index (χ0n) is 10.2. The fraction of sp³-hybridized carbons (Fsp3) is 0.333. The van der Waals surface area contributed by atoms with E-state index >= 15 is 0 Å². The summed E-state index contributed by atoms with van der Waals surface area (Å²) in [5, 5.41) is 21.6. The normalized spacial score (nSPS) is 21.9. The van der Waals surface area contributed by atoms with Crippen LogP contribution in [0.5, 0.6) is 0 Å². The minimum atomic E-state index is -1.13. The van der Waals surface area contributed by atoms with E-state index in [0.717, 1.165) is 4.90 Å². The van der Waals surface area contributed by atoms with E-state index < -0.39 is 24.1 Å². The van der Waals surface area contributed by atoms with E-state index in [0.29, 0.717) is 15.2 Å². The molecular formula is C12H12BrClN2O4. The van der Waals surface area contributed by atoms with Crippen molar-refractivity contribution < 1.29 is 19.8 Å². The molecule has 1 fully saturated rings. The number of aliphatic carboxylic acids is 1. The van der Waals surface area contributed by atoms with Crippen LogP contribution in [0.15, 0.2) is 22.7 Å². The summed E-state index contributed by atoms with van der Waals surface area (Å²) in [6.07, 6.45) is -0.786. The van der Waals surface area contributed by atoms with Crippen molar-refractivity contribution in [1.29, 1.82) is 0 Å². The van der Waals surface area contributed by atoms with Gasteiger partial charge in [-0.15, -0.1) is 0 Å². The van der Waals surface area contributed by atoms with E-state index in [-0.39, 0.29) is 13.0 Å². The van der Waals surface area contributed by atoms with Crippen molar-refractivity contribution in [2.75, 3.05) is 11.9 Å². The lowest BCUT2D eigenvalue weighted by Gasteiger charge is -2.21. The van der Waals surface area contributed by atoms with E-state index in [1.165, 1.54) is 0 Å². The molecule has 1 saturated heterocycles. The van der Waals surface area contributed by atoms with Gasteiger partial charge >= 0.3 is 12.0 Å². The van der Waals surface area contributed by atoms with Gasteiger partial charge in [-0.1, -0.05) is 11.6 Å². The molecule has 0 bridgehead atoms. The molecule has 2 amide bonds. The Balaban J connectivity index is 2.11. The highest BCUT2D eigenvalue weighted by atomic mass is 79.9. The van der Waals surface area contributed by atoms with Crippen molar-refractivity contribution in [1.82, 2.24) is 4.90 Å². The first-order chi connectivity index (χ1) is 9.38. The van der Waals surface area contributed by atoms with Crippen LogP contribution in [0.3, 0.4) is 0 Å². The number of urea groups is 1. The average molecular weight is 364 g/mol. The van der Waals surface area contributed by atoms with E-state index in [4.69, 9.17) is 16.7 Å². The van der Waals surface area contributed by atoms with Crippen molar-refractivity contribution in [3.05, 3.63) is 27.7 Å². The smallest absolute Gasteiger partial charge is 0.326 e. The van der Waals surface area contributed by atoms with Crippen molar-refractivity contribution in [2.45, 2.75) is 18.6 Å². The SMILES string of the molecule is O=C(O)[C@@H]1C[C@@H](O)CN1C(=O)Nc1ccc(Cl)c(Br)c1. The maximum Gasteiger partial charge on any atom is 0.326 e. The maximum atomic E-state index is 12.1. The van der Waals surface area contributed by atoms with Gasteiger partial charge in [0.1, 0.15) is 6.04 Å². The van der Waals surface area contributed by atoms with Gasteiger partial charge in [-0.25, -0.2) is 9.59 Å². The molecule has 0 unspecified atom stereocenters. The Hall–Kier alpha value is -1.31. The molecule has 0 spiro atoms. The van der Waals surface area contributed by atoms with Crippen LogP contribution in [0.4, 0.5) is 10.5 Å². The van der Waals surface area contributed by atoms with Gasteiger partial charge in [-0.3, -0.25) is 0 Å². The van der Waals surface area contributed by atoms with Crippen molar-refractivity contribution in [3.8, 4) is 0 Å². The number of benzene rings is 1. The van der Waals surface area contributed by atoms with E-state index in [1.807, 2.05) is 0 Å². The molecule has 8 heteroatoms. The van der Waals surface area contributed by atoms with Crippen molar-refractivity contribution in [2.24, 2.45) is 0 Å². The van der Waals surface area contributed by atoms with Crippen LogP contribution in [0.1, 0.15) is 6.42 Å². The number of nitrogens with one attached hydrogen (secondary N) is 1. The van der Waals surface area contributed by atoms with Crippen LogP contribution >= 0.6 is 27.5 Å². The number of aliphatic hydroxyl groups excluding tert-OH is 1. The molecule has 2 rings (SSSR count). The van der Waals surface area contributed by atoms with Gasteiger partial charge in [0.2, 0.25) is 0 Å². The second-order valence-electron chi connectivity index (χ2n) is 4.45. The quantitative estimate of drug-likeness (QED) is 0.751. The zero-order chi connectivity index (χ0) is 14.9. The number of amides is 2. The minimum absolute atomic E-state index is 0.00242. The maximum absolute atomic E-state index is 12.1. The second kappa shape index (κ2) is 5.99. The Morgan fingerprint density at radius 2 is 2.15 bits per heavy atom. The van der Waals surface area contributed by atoms with Crippen LogP contribution in [-0.2, 0) is 4.79 Å². The lowest BCUT2D eigenvalue weighted by Crippen LogP contribution is -2.43.